The standard InChI is InChI=1S/C9H12OS/c1-7-5-9(10,6-7)8-3-2-4-11-8/h2-4,7,10H,5-6H2,1H3. The van der Waals surface area contributed by atoms with Gasteiger partial charge in [0.15, 0.2) is 0 Å². The van der Waals surface area contributed by atoms with Crippen molar-refractivity contribution in [1.29, 1.82) is 0 Å². The molecule has 11 heavy (non-hydrogen) atoms. The lowest BCUT2D eigenvalue weighted by molar-refractivity contribution is -0.0707. The van der Waals surface area contributed by atoms with E-state index in [1.165, 1.54) is 0 Å². The SMILES string of the molecule is CC1CC(O)(c2cccs2)C1. The minimum absolute atomic E-state index is 0.465. The van der Waals surface area contributed by atoms with Crippen molar-refractivity contribution in [2.24, 2.45) is 5.92 Å². The quantitative estimate of drug-likeness (QED) is 0.682. The van der Waals surface area contributed by atoms with E-state index in [1.807, 2.05) is 17.5 Å². The van der Waals surface area contributed by atoms with Gasteiger partial charge >= 0.3 is 0 Å². The molecule has 1 saturated carbocycles. The van der Waals surface area contributed by atoms with Crippen LogP contribution in [-0.2, 0) is 5.60 Å². The van der Waals surface area contributed by atoms with Crippen molar-refractivity contribution >= 4 is 11.3 Å². The number of thiophene rings is 1. The number of rotatable bonds is 1. The van der Waals surface area contributed by atoms with Crippen molar-refractivity contribution in [3.63, 3.8) is 0 Å². The smallest absolute Gasteiger partial charge is 0.0992 e. The first-order valence-electron chi connectivity index (χ1n) is 3.97. The lowest BCUT2D eigenvalue weighted by Crippen LogP contribution is -2.38. The normalized spacial score (nSPS) is 36.7. The molecule has 1 N–H and O–H groups in total. The van der Waals surface area contributed by atoms with Crippen LogP contribution in [0.25, 0.3) is 0 Å². The molecular weight excluding hydrogens is 156 g/mol. The van der Waals surface area contributed by atoms with E-state index in [9.17, 15) is 5.11 Å². The topological polar surface area (TPSA) is 20.2 Å². The van der Waals surface area contributed by atoms with Gasteiger partial charge in [-0.2, -0.15) is 0 Å². The molecule has 0 unspecified atom stereocenters. The molecule has 0 bridgehead atoms. The Morgan fingerprint density at radius 1 is 1.64 bits per heavy atom. The van der Waals surface area contributed by atoms with Gasteiger partial charge in [0, 0.05) is 4.88 Å². The first-order valence-corrected chi connectivity index (χ1v) is 4.85. The number of hydrogen-bond acceptors (Lipinski definition) is 2. The molecule has 1 aliphatic rings. The summed E-state index contributed by atoms with van der Waals surface area (Å²) in [6.07, 6.45) is 1.88. The highest BCUT2D eigenvalue weighted by Crippen LogP contribution is 2.46. The summed E-state index contributed by atoms with van der Waals surface area (Å²) in [4.78, 5) is 1.13. The average Bonchev–Trinajstić information content (AvgIpc) is 2.34. The van der Waals surface area contributed by atoms with Crippen LogP contribution in [0, 0.1) is 5.92 Å². The molecule has 1 aromatic heterocycles. The van der Waals surface area contributed by atoms with Gasteiger partial charge in [0.2, 0.25) is 0 Å². The van der Waals surface area contributed by atoms with Crippen LogP contribution < -0.4 is 0 Å². The molecule has 0 aliphatic heterocycles. The van der Waals surface area contributed by atoms with E-state index in [0.29, 0.717) is 5.92 Å². The molecule has 0 radical (unpaired) electrons. The largest absolute Gasteiger partial charge is 0.384 e. The van der Waals surface area contributed by atoms with Gasteiger partial charge in [-0.3, -0.25) is 0 Å². The van der Waals surface area contributed by atoms with Crippen molar-refractivity contribution in [2.45, 2.75) is 25.4 Å². The predicted octanol–water partition coefficient (Wildman–Crippen LogP) is 2.37. The lowest BCUT2D eigenvalue weighted by atomic mass is 9.71. The Kier molecular flexibility index (Phi) is 1.55. The monoisotopic (exact) mass is 168 g/mol. The number of aliphatic hydroxyl groups is 1. The maximum absolute atomic E-state index is 9.95. The Morgan fingerprint density at radius 3 is 2.82 bits per heavy atom. The van der Waals surface area contributed by atoms with E-state index in [4.69, 9.17) is 0 Å². The van der Waals surface area contributed by atoms with Gasteiger partial charge in [-0.05, 0) is 30.2 Å². The molecule has 0 spiro atoms. The Hall–Kier alpha value is -0.340. The maximum atomic E-state index is 9.95. The van der Waals surface area contributed by atoms with Gasteiger partial charge in [-0.1, -0.05) is 13.0 Å². The third kappa shape index (κ3) is 1.10. The second-order valence-corrected chi connectivity index (χ2v) is 4.47. The predicted molar refractivity (Wildman–Crippen MR) is 46.6 cm³/mol. The summed E-state index contributed by atoms with van der Waals surface area (Å²) in [6, 6.07) is 4.03. The van der Waals surface area contributed by atoms with Crippen molar-refractivity contribution in [1.82, 2.24) is 0 Å². The molecule has 0 aromatic carbocycles. The van der Waals surface area contributed by atoms with Crippen LogP contribution in [0.5, 0.6) is 0 Å². The summed E-state index contributed by atoms with van der Waals surface area (Å²) in [5.74, 6) is 0.696. The van der Waals surface area contributed by atoms with Crippen LogP contribution in [0.4, 0.5) is 0 Å². The highest BCUT2D eigenvalue weighted by Gasteiger charge is 2.42. The molecule has 60 valence electrons. The summed E-state index contributed by atoms with van der Waals surface area (Å²) in [5.41, 5.74) is -0.465. The second-order valence-electron chi connectivity index (χ2n) is 3.52. The molecule has 1 heterocycles. The van der Waals surface area contributed by atoms with E-state index in [0.717, 1.165) is 17.7 Å². The number of hydrogen-bond donors (Lipinski definition) is 1. The minimum Gasteiger partial charge on any atom is -0.384 e. The summed E-state index contributed by atoms with van der Waals surface area (Å²) >= 11 is 1.66. The highest BCUT2D eigenvalue weighted by atomic mass is 32.1. The summed E-state index contributed by atoms with van der Waals surface area (Å²) in [5, 5.41) is 12.0. The maximum Gasteiger partial charge on any atom is 0.0992 e. The molecular formula is C9H12OS. The molecule has 1 fully saturated rings. The molecule has 2 rings (SSSR count). The van der Waals surface area contributed by atoms with Crippen molar-refractivity contribution in [3.05, 3.63) is 22.4 Å². The molecule has 1 aromatic rings. The van der Waals surface area contributed by atoms with Crippen LogP contribution in [0.2, 0.25) is 0 Å². The van der Waals surface area contributed by atoms with Crippen molar-refractivity contribution in [3.8, 4) is 0 Å². The molecule has 1 nitrogen and oxygen atoms in total. The summed E-state index contributed by atoms with van der Waals surface area (Å²) < 4.78 is 0. The second kappa shape index (κ2) is 2.32. The zero-order valence-corrected chi connectivity index (χ0v) is 7.40. The lowest BCUT2D eigenvalue weighted by Gasteiger charge is -2.41. The van der Waals surface area contributed by atoms with Crippen molar-refractivity contribution < 1.29 is 5.11 Å². The zero-order chi connectivity index (χ0) is 7.90. The van der Waals surface area contributed by atoms with E-state index in [1.54, 1.807) is 11.3 Å². The van der Waals surface area contributed by atoms with Crippen molar-refractivity contribution in [2.75, 3.05) is 0 Å². The van der Waals surface area contributed by atoms with Crippen LogP contribution in [-0.4, -0.2) is 5.11 Å². The van der Waals surface area contributed by atoms with Crippen LogP contribution in [0.15, 0.2) is 17.5 Å². The van der Waals surface area contributed by atoms with E-state index in [2.05, 4.69) is 6.92 Å². The van der Waals surface area contributed by atoms with E-state index >= 15 is 0 Å². The fraction of sp³-hybridized carbons (Fsp3) is 0.556. The Morgan fingerprint density at radius 2 is 2.36 bits per heavy atom. The molecule has 2 heteroatoms. The van der Waals surface area contributed by atoms with Gasteiger partial charge in [0.25, 0.3) is 0 Å². The fourth-order valence-corrected chi connectivity index (χ4v) is 2.68. The third-order valence-electron chi connectivity index (χ3n) is 2.35. The zero-order valence-electron chi connectivity index (χ0n) is 6.58. The van der Waals surface area contributed by atoms with Gasteiger partial charge in [0.1, 0.15) is 0 Å². The summed E-state index contributed by atoms with van der Waals surface area (Å²) in [7, 11) is 0. The van der Waals surface area contributed by atoms with Gasteiger partial charge in [0.05, 0.1) is 5.60 Å². The Bertz CT molecular complexity index is 234. The van der Waals surface area contributed by atoms with Gasteiger partial charge in [-0.15, -0.1) is 11.3 Å². The van der Waals surface area contributed by atoms with Crippen LogP contribution >= 0.6 is 11.3 Å². The average molecular weight is 168 g/mol. The Balaban J connectivity index is 2.18. The molecule has 1 aliphatic carbocycles. The molecule has 0 atom stereocenters. The first kappa shape index (κ1) is 7.32. The van der Waals surface area contributed by atoms with Gasteiger partial charge < -0.3 is 5.11 Å². The minimum atomic E-state index is -0.465. The van der Waals surface area contributed by atoms with Crippen LogP contribution in [0.1, 0.15) is 24.6 Å². The first-order chi connectivity index (χ1) is 5.21. The Labute approximate surface area is 70.7 Å². The van der Waals surface area contributed by atoms with E-state index in [-0.39, 0.29) is 0 Å². The van der Waals surface area contributed by atoms with E-state index < -0.39 is 5.60 Å². The molecule has 0 amide bonds. The fourth-order valence-electron chi connectivity index (χ4n) is 1.84. The van der Waals surface area contributed by atoms with Crippen LogP contribution in [0.3, 0.4) is 0 Å². The highest BCUT2D eigenvalue weighted by molar-refractivity contribution is 7.10. The van der Waals surface area contributed by atoms with Gasteiger partial charge in [-0.25, -0.2) is 0 Å². The molecule has 0 saturated heterocycles. The third-order valence-corrected chi connectivity index (χ3v) is 3.42. The summed E-state index contributed by atoms with van der Waals surface area (Å²) in [6.45, 7) is 2.18.